The van der Waals surface area contributed by atoms with Crippen LogP contribution >= 0.6 is 0 Å². The van der Waals surface area contributed by atoms with Crippen molar-refractivity contribution in [3.8, 4) is 39.1 Å². The SMILES string of the molecule is c1cc(-c2ccc(N(c3ccc(-c4ccc(-c5cccc6oc7ccccc7c56)cc4)cc3)c3cccc4ccccc34)cc2)cc(-n2c3ccccc3c3ccccc32)c1. The van der Waals surface area contributed by atoms with Crippen LogP contribution in [-0.2, 0) is 0 Å². The minimum atomic E-state index is 0.911. The number of anilines is 3. The first kappa shape index (κ1) is 34.9. The zero-order valence-corrected chi connectivity index (χ0v) is 33.2. The molecule has 12 rings (SSSR count). The quantitative estimate of drug-likeness (QED) is 0.161. The fraction of sp³-hybridized carbons (Fsp3) is 0. The number of hydrogen-bond donors (Lipinski definition) is 0. The van der Waals surface area contributed by atoms with E-state index >= 15 is 0 Å². The van der Waals surface area contributed by atoms with Gasteiger partial charge < -0.3 is 13.9 Å². The van der Waals surface area contributed by atoms with E-state index in [1.165, 1.54) is 66.0 Å². The average molecular weight is 779 g/mol. The first-order valence-corrected chi connectivity index (χ1v) is 20.8. The molecular formula is C58H38N2O. The van der Waals surface area contributed by atoms with Crippen molar-refractivity contribution in [2.45, 2.75) is 0 Å². The summed E-state index contributed by atoms with van der Waals surface area (Å²) in [5.74, 6) is 0. The molecule has 0 saturated carbocycles. The summed E-state index contributed by atoms with van der Waals surface area (Å²) < 4.78 is 8.57. The first-order chi connectivity index (χ1) is 30.2. The van der Waals surface area contributed by atoms with Gasteiger partial charge in [0.15, 0.2) is 0 Å². The maximum absolute atomic E-state index is 6.19. The van der Waals surface area contributed by atoms with E-state index in [1.807, 2.05) is 12.1 Å². The van der Waals surface area contributed by atoms with Crippen LogP contribution < -0.4 is 4.90 Å². The predicted molar refractivity (Wildman–Crippen MR) is 257 cm³/mol. The van der Waals surface area contributed by atoms with Gasteiger partial charge in [-0.2, -0.15) is 0 Å². The molecule has 2 heterocycles. The Hall–Kier alpha value is -8.14. The summed E-state index contributed by atoms with van der Waals surface area (Å²) in [6.07, 6.45) is 0. The second-order valence-corrected chi connectivity index (χ2v) is 15.7. The van der Waals surface area contributed by atoms with Gasteiger partial charge in [0.2, 0.25) is 0 Å². The smallest absolute Gasteiger partial charge is 0.136 e. The fourth-order valence-corrected chi connectivity index (χ4v) is 9.32. The van der Waals surface area contributed by atoms with E-state index in [0.717, 1.165) is 44.7 Å². The molecule has 0 spiro atoms. The van der Waals surface area contributed by atoms with Gasteiger partial charge in [0.05, 0.1) is 16.7 Å². The Labute approximate surface area is 353 Å². The third-order valence-electron chi connectivity index (χ3n) is 12.2. The average Bonchev–Trinajstić information content (AvgIpc) is 3.89. The molecule has 0 atom stereocenters. The molecule has 61 heavy (non-hydrogen) atoms. The highest BCUT2D eigenvalue weighted by Gasteiger charge is 2.18. The van der Waals surface area contributed by atoms with Crippen LogP contribution in [0, 0.1) is 0 Å². The Morgan fingerprint density at radius 1 is 0.344 bits per heavy atom. The lowest BCUT2D eigenvalue weighted by Gasteiger charge is -2.27. The third kappa shape index (κ3) is 5.90. The van der Waals surface area contributed by atoms with Crippen molar-refractivity contribution in [3.05, 3.63) is 231 Å². The summed E-state index contributed by atoms with van der Waals surface area (Å²) in [7, 11) is 0. The second kappa shape index (κ2) is 14.3. The Kier molecular flexibility index (Phi) is 8.17. The fourth-order valence-electron chi connectivity index (χ4n) is 9.32. The summed E-state index contributed by atoms with van der Waals surface area (Å²) >= 11 is 0. The molecule has 0 N–H and O–H groups in total. The zero-order chi connectivity index (χ0) is 40.3. The van der Waals surface area contributed by atoms with Crippen LogP contribution in [0.25, 0.3) is 93.6 Å². The van der Waals surface area contributed by atoms with E-state index in [0.29, 0.717) is 0 Å². The van der Waals surface area contributed by atoms with Crippen LogP contribution in [0.1, 0.15) is 0 Å². The monoisotopic (exact) mass is 778 g/mol. The van der Waals surface area contributed by atoms with Crippen molar-refractivity contribution in [2.24, 2.45) is 0 Å². The highest BCUT2D eigenvalue weighted by atomic mass is 16.3. The highest BCUT2D eigenvalue weighted by molar-refractivity contribution is 6.12. The highest BCUT2D eigenvalue weighted by Crippen LogP contribution is 2.42. The molecule has 0 bridgehead atoms. The first-order valence-electron chi connectivity index (χ1n) is 20.8. The largest absolute Gasteiger partial charge is 0.456 e. The van der Waals surface area contributed by atoms with Crippen LogP contribution in [0.2, 0.25) is 0 Å². The molecule has 0 unspecified atom stereocenters. The molecule has 0 aliphatic rings. The molecule has 0 aliphatic carbocycles. The number of furan rings is 1. The molecule has 0 radical (unpaired) electrons. The van der Waals surface area contributed by atoms with Crippen molar-refractivity contribution >= 4 is 71.6 Å². The maximum Gasteiger partial charge on any atom is 0.136 e. The summed E-state index contributed by atoms with van der Waals surface area (Å²) in [5.41, 5.74) is 15.7. The molecule has 3 nitrogen and oxygen atoms in total. The molecule has 10 aromatic carbocycles. The number of aromatic nitrogens is 1. The molecule has 0 saturated heterocycles. The van der Waals surface area contributed by atoms with Crippen LogP contribution in [0.3, 0.4) is 0 Å². The van der Waals surface area contributed by atoms with Gasteiger partial charge in [-0.1, -0.05) is 164 Å². The van der Waals surface area contributed by atoms with Gasteiger partial charge in [0, 0.05) is 44.0 Å². The number of para-hydroxylation sites is 3. The molecule has 0 fully saturated rings. The van der Waals surface area contributed by atoms with Crippen molar-refractivity contribution < 1.29 is 4.42 Å². The summed E-state index contributed by atoms with van der Waals surface area (Å²) in [6.45, 7) is 0. The lowest BCUT2D eigenvalue weighted by atomic mass is 9.97. The summed E-state index contributed by atoms with van der Waals surface area (Å²) in [5, 5.41) is 7.24. The van der Waals surface area contributed by atoms with Crippen molar-refractivity contribution in [1.82, 2.24) is 4.57 Å². The second-order valence-electron chi connectivity index (χ2n) is 15.7. The van der Waals surface area contributed by atoms with Crippen molar-refractivity contribution in [1.29, 1.82) is 0 Å². The van der Waals surface area contributed by atoms with Gasteiger partial charge in [0.25, 0.3) is 0 Å². The maximum atomic E-state index is 6.19. The summed E-state index contributed by atoms with van der Waals surface area (Å²) in [4.78, 5) is 2.38. The lowest BCUT2D eigenvalue weighted by molar-refractivity contribution is 0.669. The minimum Gasteiger partial charge on any atom is -0.456 e. The molecule has 2 aromatic heterocycles. The Balaban J connectivity index is 0.894. The van der Waals surface area contributed by atoms with E-state index in [9.17, 15) is 0 Å². The molecule has 3 heteroatoms. The molecular weight excluding hydrogens is 741 g/mol. The number of nitrogens with zero attached hydrogens (tertiary/aromatic N) is 2. The lowest BCUT2D eigenvalue weighted by Crippen LogP contribution is -2.10. The van der Waals surface area contributed by atoms with Gasteiger partial charge in [0.1, 0.15) is 11.2 Å². The van der Waals surface area contributed by atoms with Crippen molar-refractivity contribution in [3.63, 3.8) is 0 Å². The zero-order valence-electron chi connectivity index (χ0n) is 33.2. The normalized spacial score (nSPS) is 11.6. The van der Waals surface area contributed by atoms with E-state index in [-0.39, 0.29) is 0 Å². The van der Waals surface area contributed by atoms with Gasteiger partial charge in [-0.15, -0.1) is 0 Å². The Morgan fingerprint density at radius 2 is 0.852 bits per heavy atom. The van der Waals surface area contributed by atoms with Gasteiger partial charge >= 0.3 is 0 Å². The van der Waals surface area contributed by atoms with Crippen LogP contribution in [0.4, 0.5) is 17.1 Å². The van der Waals surface area contributed by atoms with E-state index in [4.69, 9.17) is 4.42 Å². The predicted octanol–water partition coefficient (Wildman–Crippen LogP) is 16.3. The van der Waals surface area contributed by atoms with Crippen LogP contribution in [0.5, 0.6) is 0 Å². The van der Waals surface area contributed by atoms with Gasteiger partial charge in [-0.05, 0) is 105 Å². The van der Waals surface area contributed by atoms with Crippen LogP contribution in [-0.4, -0.2) is 4.57 Å². The molecule has 0 amide bonds. The number of benzene rings is 10. The molecule has 12 aromatic rings. The molecule has 0 aliphatic heterocycles. The summed E-state index contributed by atoms with van der Waals surface area (Å²) in [6, 6.07) is 82.9. The van der Waals surface area contributed by atoms with E-state index in [2.05, 4.69) is 228 Å². The molecule has 286 valence electrons. The Morgan fingerprint density at radius 3 is 1.56 bits per heavy atom. The Bertz CT molecular complexity index is 3520. The van der Waals surface area contributed by atoms with Gasteiger partial charge in [-0.25, -0.2) is 0 Å². The van der Waals surface area contributed by atoms with Crippen molar-refractivity contribution in [2.75, 3.05) is 4.90 Å². The van der Waals surface area contributed by atoms with Crippen LogP contribution in [0.15, 0.2) is 235 Å². The third-order valence-corrected chi connectivity index (χ3v) is 12.2. The number of hydrogen-bond acceptors (Lipinski definition) is 2. The minimum absolute atomic E-state index is 0.911. The van der Waals surface area contributed by atoms with E-state index in [1.54, 1.807) is 0 Å². The number of fused-ring (bicyclic) bond motifs is 7. The standard InChI is InChI=1S/C58H38N2O/c1-2-16-48-42(12-1)13-10-23-53(48)59(45-34-30-40(31-35-45)39-26-28-43(29-27-39)49-20-11-25-57-58(49)52-19-5-8-24-56(52)61-57)46-36-32-41(33-37-46)44-14-9-15-47(38-44)60-54-21-6-3-17-50(54)51-18-4-7-22-55(51)60/h1-38H. The van der Waals surface area contributed by atoms with E-state index < -0.39 is 0 Å². The van der Waals surface area contributed by atoms with Gasteiger partial charge in [-0.3, -0.25) is 0 Å². The number of rotatable bonds is 7. The topological polar surface area (TPSA) is 21.3 Å².